The molecule has 0 spiro atoms. The second-order valence-electron chi connectivity index (χ2n) is 13.8. The van der Waals surface area contributed by atoms with Crippen molar-refractivity contribution in [3.05, 3.63) is 206 Å². The summed E-state index contributed by atoms with van der Waals surface area (Å²) in [6.07, 6.45) is 0. The minimum absolute atomic E-state index is 0.734. The average Bonchev–Trinajstić information content (AvgIpc) is 3.66. The fourth-order valence-corrected chi connectivity index (χ4v) is 8.59. The Kier molecular flexibility index (Phi) is 8.40. The number of hydrogen-bond donors (Lipinski definition) is 0. The van der Waals surface area contributed by atoms with Crippen LogP contribution in [-0.4, -0.2) is 9.97 Å². The van der Waals surface area contributed by atoms with Crippen LogP contribution in [-0.2, 0) is 0 Å². The molecule has 0 saturated carbocycles. The molecule has 0 radical (unpaired) electrons. The summed E-state index contributed by atoms with van der Waals surface area (Å²) in [5, 5.41) is 2.31. The Balaban J connectivity index is 0.990. The predicted molar refractivity (Wildman–Crippen MR) is 233 cm³/mol. The second-order valence-corrected chi connectivity index (χ2v) is 14.8. The highest BCUT2D eigenvalue weighted by atomic mass is 32.1. The average molecular weight is 719 g/mol. The predicted octanol–water partition coefficient (Wildman–Crippen LogP) is 14.5. The summed E-state index contributed by atoms with van der Waals surface area (Å²) in [5.74, 6) is 0.734. The third-order valence-corrected chi connectivity index (χ3v) is 11.4. The van der Waals surface area contributed by atoms with E-state index in [9.17, 15) is 0 Å². The van der Waals surface area contributed by atoms with Crippen LogP contribution in [0, 0.1) is 0 Å². The third-order valence-electron chi connectivity index (χ3n) is 10.3. The number of thiophene rings is 1. The summed E-state index contributed by atoms with van der Waals surface area (Å²) in [5.41, 5.74) is 14.9. The Morgan fingerprint density at radius 1 is 0.291 bits per heavy atom. The van der Waals surface area contributed by atoms with Crippen LogP contribution in [0.4, 0.5) is 0 Å². The fourth-order valence-electron chi connectivity index (χ4n) is 7.52. The maximum atomic E-state index is 5.24. The third kappa shape index (κ3) is 6.41. The molecule has 0 aliphatic heterocycles. The van der Waals surface area contributed by atoms with Gasteiger partial charge in [0.15, 0.2) is 5.82 Å². The topological polar surface area (TPSA) is 25.8 Å². The molecule has 0 saturated heterocycles. The standard InChI is InChI=1S/C52H34N2S/c1-4-14-35(15-5-1)44-32-45(36-16-6-2-7-17-36)34-46(33-44)38-28-26-37(27-29-38)40-20-12-21-41(30-40)42-22-13-23-43(31-42)51-53-50(39-18-8-3-9-19-39)49-47-24-10-11-25-48(47)55-52(49)54-51/h1-34H. The molecule has 0 bridgehead atoms. The molecule has 8 aromatic carbocycles. The molecule has 2 nitrogen and oxygen atoms in total. The zero-order chi connectivity index (χ0) is 36.6. The van der Waals surface area contributed by atoms with Crippen molar-refractivity contribution in [1.29, 1.82) is 0 Å². The van der Waals surface area contributed by atoms with Crippen molar-refractivity contribution in [3.63, 3.8) is 0 Å². The summed E-state index contributed by atoms with van der Waals surface area (Å²) in [6, 6.07) is 73.5. The molecule has 10 aromatic rings. The first-order chi connectivity index (χ1) is 27.2. The van der Waals surface area contributed by atoms with Crippen molar-refractivity contribution in [3.8, 4) is 78.3 Å². The van der Waals surface area contributed by atoms with Crippen LogP contribution < -0.4 is 0 Å². The van der Waals surface area contributed by atoms with Gasteiger partial charge in [-0.3, -0.25) is 0 Å². The van der Waals surface area contributed by atoms with Crippen molar-refractivity contribution in [2.24, 2.45) is 0 Å². The molecule has 0 amide bonds. The van der Waals surface area contributed by atoms with Crippen LogP contribution in [0.25, 0.3) is 98.6 Å². The normalized spacial score (nSPS) is 11.3. The molecule has 0 aliphatic carbocycles. The molecule has 3 heteroatoms. The Morgan fingerprint density at radius 3 is 1.27 bits per heavy atom. The first-order valence-electron chi connectivity index (χ1n) is 18.6. The molecular weight excluding hydrogens is 685 g/mol. The highest BCUT2D eigenvalue weighted by Crippen LogP contribution is 2.40. The van der Waals surface area contributed by atoms with E-state index in [1.54, 1.807) is 11.3 Å². The van der Waals surface area contributed by atoms with E-state index in [-0.39, 0.29) is 0 Å². The Hall–Kier alpha value is -6.94. The van der Waals surface area contributed by atoms with Gasteiger partial charge >= 0.3 is 0 Å². The zero-order valence-electron chi connectivity index (χ0n) is 29.9. The largest absolute Gasteiger partial charge is 0.227 e. The van der Waals surface area contributed by atoms with Crippen LogP contribution in [0.5, 0.6) is 0 Å². The lowest BCUT2D eigenvalue weighted by molar-refractivity contribution is 1.24. The maximum Gasteiger partial charge on any atom is 0.161 e. The summed E-state index contributed by atoms with van der Waals surface area (Å²) in [7, 11) is 0. The number of hydrogen-bond acceptors (Lipinski definition) is 3. The smallest absolute Gasteiger partial charge is 0.161 e. The van der Waals surface area contributed by atoms with Crippen molar-refractivity contribution >= 4 is 31.6 Å². The van der Waals surface area contributed by atoms with Crippen molar-refractivity contribution in [2.75, 3.05) is 0 Å². The van der Waals surface area contributed by atoms with E-state index in [0.717, 1.165) is 44.0 Å². The van der Waals surface area contributed by atoms with Gasteiger partial charge < -0.3 is 0 Å². The quantitative estimate of drug-likeness (QED) is 0.164. The summed E-state index contributed by atoms with van der Waals surface area (Å²) >= 11 is 1.73. The lowest BCUT2D eigenvalue weighted by atomic mass is 9.92. The molecule has 0 atom stereocenters. The summed E-state index contributed by atoms with van der Waals surface area (Å²) in [4.78, 5) is 11.4. The minimum Gasteiger partial charge on any atom is -0.227 e. The van der Waals surface area contributed by atoms with Gasteiger partial charge in [-0.15, -0.1) is 11.3 Å². The number of aromatic nitrogens is 2. The number of benzene rings is 8. The molecule has 2 heterocycles. The van der Waals surface area contributed by atoms with E-state index in [1.165, 1.54) is 54.6 Å². The van der Waals surface area contributed by atoms with Crippen LogP contribution in [0.15, 0.2) is 206 Å². The molecule has 2 aromatic heterocycles. The van der Waals surface area contributed by atoms with Gasteiger partial charge in [0, 0.05) is 26.6 Å². The fraction of sp³-hybridized carbons (Fsp3) is 0. The van der Waals surface area contributed by atoms with E-state index in [0.29, 0.717) is 0 Å². The van der Waals surface area contributed by atoms with Gasteiger partial charge in [0.05, 0.1) is 5.69 Å². The monoisotopic (exact) mass is 718 g/mol. The SMILES string of the molecule is c1ccc(-c2cc(-c3ccccc3)cc(-c3ccc(-c4cccc(-c5cccc(-c6nc(-c7ccccc7)c7c(n6)sc6ccccc67)c5)c4)cc3)c2)cc1. The van der Waals surface area contributed by atoms with Gasteiger partial charge in [0.1, 0.15) is 4.83 Å². The van der Waals surface area contributed by atoms with Crippen LogP contribution in [0.1, 0.15) is 0 Å². The van der Waals surface area contributed by atoms with Crippen LogP contribution in [0.2, 0.25) is 0 Å². The highest BCUT2D eigenvalue weighted by Gasteiger charge is 2.17. The molecule has 0 fully saturated rings. The van der Waals surface area contributed by atoms with E-state index in [2.05, 4.69) is 200 Å². The van der Waals surface area contributed by atoms with Crippen molar-refractivity contribution in [1.82, 2.24) is 9.97 Å². The van der Waals surface area contributed by atoms with Crippen molar-refractivity contribution in [2.45, 2.75) is 0 Å². The minimum atomic E-state index is 0.734. The molecular formula is C52H34N2S. The number of rotatable bonds is 7. The first kappa shape index (κ1) is 32.7. The van der Waals surface area contributed by atoms with Gasteiger partial charge in [-0.25, -0.2) is 9.97 Å². The first-order valence-corrected chi connectivity index (χ1v) is 19.4. The van der Waals surface area contributed by atoms with Gasteiger partial charge in [-0.1, -0.05) is 170 Å². The maximum absolute atomic E-state index is 5.24. The van der Waals surface area contributed by atoms with Gasteiger partial charge in [0.2, 0.25) is 0 Å². The van der Waals surface area contributed by atoms with Gasteiger partial charge in [-0.2, -0.15) is 0 Å². The number of nitrogens with zero attached hydrogens (tertiary/aromatic N) is 2. The van der Waals surface area contributed by atoms with E-state index in [1.807, 2.05) is 6.07 Å². The lowest BCUT2D eigenvalue weighted by Crippen LogP contribution is -1.94. The van der Waals surface area contributed by atoms with Crippen molar-refractivity contribution < 1.29 is 0 Å². The van der Waals surface area contributed by atoms with Gasteiger partial charge in [0.25, 0.3) is 0 Å². The Morgan fingerprint density at radius 2 is 0.691 bits per heavy atom. The number of fused-ring (bicyclic) bond motifs is 3. The van der Waals surface area contributed by atoms with E-state index >= 15 is 0 Å². The Bertz CT molecular complexity index is 2890. The van der Waals surface area contributed by atoms with Crippen LogP contribution >= 0.6 is 11.3 Å². The highest BCUT2D eigenvalue weighted by molar-refractivity contribution is 7.25. The molecule has 55 heavy (non-hydrogen) atoms. The summed E-state index contributed by atoms with van der Waals surface area (Å²) in [6.45, 7) is 0. The van der Waals surface area contributed by atoms with Gasteiger partial charge in [-0.05, 0) is 92.0 Å². The molecule has 0 unspecified atom stereocenters. The lowest BCUT2D eigenvalue weighted by Gasteiger charge is -2.12. The van der Waals surface area contributed by atoms with E-state index in [4.69, 9.17) is 9.97 Å². The molecule has 10 rings (SSSR count). The molecule has 0 N–H and O–H groups in total. The zero-order valence-corrected chi connectivity index (χ0v) is 30.7. The summed E-state index contributed by atoms with van der Waals surface area (Å²) < 4.78 is 1.22. The van der Waals surface area contributed by atoms with Crippen LogP contribution in [0.3, 0.4) is 0 Å². The second kappa shape index (κ2) is 14.1. The molecule has 258 valence electrons. The Labute approximate surface area is 324 Å². The molecule has 0 aliphatic rings. The van der Waals surface area contributed by atoms with E-state index < -0.39 is 0 Å².